The van der Waals surface area contributed by atoms with Crippen LogP contribution in [0.2, 0.25) is 0 Å². The number of aromatic carboxylic acids is 1. The van der Waals surface area contributed by atoms with Gasteiger partial charge in [-0.3, -0.25) is 4.68 Å². The second kappa shape index (κ2) is 4.39. The van der Waals surface area contributed by atoms with Crippen molar-refractivity contribution in [2.45, 2.75) is 19.4 Å². The SMILES string of the molecule is O=C(O)c1cn(CC2CCOCC2)nn1. The van der Waals surface area contributed by atoms with E-state index in [1.807, 2.05) is 0 Å². The van der Waals surface area contributed by atoms with Gasteiger partial charge in [-0.05, 0) is 18.8 Å². The Hall–Kier alpha value is -1.43. The van der Waals surface area contributed by atoms with E-state index in [-0.39, 0.29) is 5.69 Å². The van der Waals surface area contributed by atoms with E-state index in [1.165, 1.54) is 6.20 Å². The third-order valence-corrected chi connectivity index (χ3v) is 2.54. The Morgan fingerprint density at radius 2 is 2.33 bits per heavy atom. The van der Waals surface area contributed by atoms with E-state index in [9.17, 15) is 4.79 Å². The molecule has 0 aromatic carbocycles. The Morgan fingerprint density at radius 1 is 1.60 bits per heavy atom. The molecule has 1 N–H and O–H groups in total. The predicted octanol–water partition coefficient (Wildman–Crippen LogP) is 0.403. The summed E-state index contributed by atoms with van der Waals surface area (Å²) < 4.78 is 6.84. The van der Waals surface area contributed by atoms with Crippen molar-refractivity contribution in [1.29, 1.82) is 0 Å². The average molecular weight is 211 g/mol. The fraction of sp³-hybridized carbons (Fsp3) is 0.667. The first-order chi connectivity index (χ1) is 7.25. The molecule has 0 saturated carbocycles. The lowest BCUT2D eigenvalue weighted by Crippen LogP contribution is -2.20. The lowest BCUT2D eigenvalue weighted by molar-refractivity contribution is 0.0599. The van der Waals surface area contributed by atoms with E-state index in [1.54, 1.807) is 4.68 Å². The van der Waals surface area contributed by atoms with E-state index < -0.39 is 5.97 Å². The van der Waals surface area contributed by atoms with Crippen molar-refractivity contribution in [3.63, 3.8) is 0 Å². The molecule has 1 aromatic rings. The lowest BCUT2D eigenvalue weighted by atomic mass is 10.0. The zero-order chi connectivity index (χ0) is 10.7. The van der Waals surface area contributed by atoms with Crippen LogP contribution in [0.3, 0.4) is 0 Å². The molecule has 6 nitrogen and oxygen atoms in total. The molecule has 1 aromatic heterocycles. The summed E-state index contributed by atoms with van der Waals surface area (Å²) >= 11 is 0. The molecule has 15 heavy (non-hydrogen) atoms. The summed E-state index contributed by atoms with van der Waals surface area (Å²) in [5, 5.41) is 16.0. The molecule has 0 aliphatic carbocycles. The van der Waals surface area contributed by atoms with E-state index in [0.717, 1.165) is 32.6 Å². The molecule has 6 heteroatoms. The standard InChI is InChI=1S/C9H13N3O3/c13-9(14)8-6-12(11-10-8)5-7-1-3-15-4-2-7/h6-7H,1-5H2,(H,13,14). The summed E-state index contributed by atoms with van der Waals surface area (Å²) in [5.74, 6) is -0.518. The Balaban J connectivity index is 1.94. The maximum atomic E-state index is 10.6. The second-order valence-corrected chi connectivity index (χ2v) is 3.69. The minimum atomic E-state index is -1.03. The van der Waals surface area contributed by atoms with Crippen LogP contribution in [0.5, 0.6) is 0 Å². The van der Waals surface area contributed by atoms with Crippen LogP contribution in [0, 0.1) is 5.92 Å². The van der Waals surface area contributed by atoms with Gasteiger partial charge >= 0.3 is 5.97 Å². The number of hydrogen-bond donors (Lipinski definition) is 1. The fourth-order valence-corrected chi connectivity index (χ4v) is 1.68. The van der Waals surface area contributed by atoms with Gasteiger partial charge in [0.1, 0.15) is 0 Å². The summed E-state index contributed by atoms with van der Waals surface area (Å²) in [6.07, 6.45) is 3.47. The van der Waals surface area contributed by atoms with Crippen LogP contribution in [0.4, 0.5) is 0 Å². The number of hydrogen-bond acceptors (Lipinski definition) is 4. The van der Waals surface area contributed by atoms with Crippen LogP contribution in [0.25, 0.3) is 0 Å². The van der Waals surface area contributed by atoms with Gasteiger partial charge < -0.3 is 9.84 Å². The first-order valence-corrected chi connectivity index (χ1v) is 4.97. The smallest absolute Gasteiger partial charge is 0.358 e. The number of rotatable bonds is 3. The van der Waals surface area contributed by atoms with Crippen molar-refractivity contribution in [3.05, 3.63) is 11.9 Å². The monoisotopic (exact) mass is 211 g/mol. The van der Waals surface area contributed by atoms with Gasteiger partial charge in [0.05, 0.1) is 6.20 Å². The highest BCUT2D eigenvalue weighted by atomic mass is 16.5. The molecule has 2 rings (SSSR count). The van der Waals surface area contributed by atoms with Crippen LogP contribution in [-0.2, 0) is 11.3 Å². The average Bonchev–Trinajstić information content (AvgIpc) is 2.68. The van der Waals surface area contributed by atoms with Gasteiger partial charge in [-0.25, -0.2) is 4.79 Å². The molecule has 1 saturated heterocycles. The molecular weight excluding hydrogens is 198 g/mol. The van der Waals surface area contributed by atoms with Gasteiger partial charge in [-0.2, -0.15) is 0 Å². The summed E-state index contributed by atoms with van der Waals surface area (Å²) in [6.45, 7) is 2.29. The summed E-state index contributed by atoms with van der Waals surface area (Å²) in [4.78, 5) is 10.6. The normalized spacial score (nSPS) is 17.9. The highest BCUT2D eigenvalue weighted by Gasteiger charge is 2.16. The maximum absolute atomic E-state index is 10.6. The predicted molar refractivity (Wildman–Crippen MR) is 50.5 cm³/mol. The van der Waals surface area contributed by atoms with E-state index >= 15 is 0 Å². The number of nitrogens with zero attached hydrogens (tertiary/aromatic N) is 3. The van der Waals surface area contributed by atoms with E-state index in [0.29, 0.717) is 5.92 Å². The molecule has 0 spiro atoms. The minimum Gasteiger partial charge on any atom is -0.476 e. The lowest BCUT2D eigenvalue weighted by Gasteiger charge is -2.21. The second-order valence-electron chi connectivity index (χ2n) is 3.69. The molecule has 0 radical (unpaired) electrons. The van der Waals surface area contributed by atoms with Gasteiger partial charge in [-0.15, -0.1) is 5.10 Å². The first-order valence-electron chi connectivity index (χ1n) is 4.97. The van der Waals surface area contributed by atoms with Gasteiger partial charge in [0.15, 0.2) is 5.69 Å². The molecule has 0 bridgehead atoms. The van der Waals surface area contributed by atoms with Gasteiger partial charge in [0, 0.05) is 19.8 Å². The largest absolute Gasteiger partial charge is 0.476 e. The topological polar surface area (TPSA) is 77.2 Å². The summed E-state index contributed by atoms with van der Waals surface area (Å²) in [7, 11) is 0. The van der Waals surface area contributed by atoms with Crippen LogP contribution < -0.4 is 0 Å². The third-order valence-electron chi connectivity index (χ3n) is 2.54. The van der Waals surface area contributed by atoms with Crippen molar-refractivity contribution in [2.24, 2.45) is 5.92 Å². The number of carboxylic acid groups (broad SMARTS) is 1. The minimum absolute atomic E-state index is 0.00191. The molecule has 1 aliphatic heterocycles. The number of carboxylic acids is 1. The quantitative estimate of drug-likeness (QED) is 0.783. The highest BCUT2D eigenvalue weighted by molar-refractivity contribution is 5.84. The maximum Gasteiger partial charge on any atom is 0.358 e. The molecule has 1 fully saturated rings. The van der Waals surface area contributed by atoms with Crippen LogP contribution in [0.15, 0.2) is 6.20 Å². The summed E-state index contributed by atoms with van der Waals surface area (Å²) in [5.41, 5.74) is 0.00191. The van der Waals surface area contributed by atoms with Crippen LogP contribution in [0.1, 0.15) is 23.3 Å². The number of aromatic nitrogens is 3. The fourth-order valence-electron chi connectivity index (χ4n) is 1.68. The van der Waals surface area contributed by atoms with Crippen LogP contribution >= 0.6 is 0 Å². The van der Waals surface area contributed by atoms with Crippen molar-refractivity contribution in [3.8, 4) is 0 Å². The molecular formula is C9H13N3O3. The molecule has 0 atom stereocenters. The molecule has 0 unspecified atom stereocenters. The van der Waals surface area contributed by atoms with Gasteiger partial charge in [0.25, 0.3) is 0 Å². The van der Waals surface area contributed by atoms with Gasteiger partial charge in [0.2, 0.25) is 0 Å². The molecule has 82 valence electrons. The van der Waals surface area contributed by atoms with E-state index in [4.69, 9.17) is 9.84 Å². The number of carbonyl (C=O) groups is 1. The molecule has 0 amide bonds. The Bertz CT molecular complexity index is 344. The van der Waals surface area contributed by atoms with Crippen molar-refractivity contribution in [2.75, 3.05) is 13.2 Å². The Labute approximate surface area is 86.8 Å². The zero-order valence-corrected chi connectivity index (χ0v) is 8.30. The van der Waals surface area contributed by atoms with E-state index in [2.05, 4.69) is 10.3 Å². The first kappa shape index (κ1) is 10.1. The Kier molecular flexibility index (Phi) is 2.96. The zero-order valence-electron chi connectivity index (χ0n) is 8.30. The van der Waals surface area contributed by atoms with Crippen molar-refractivity contribution in [1.82, 2.24) is 15.0 Å². The van der Waals surface area contributed by atoms with Crippen LogP contribution in [-0.4, -0.2) is 39.3 Å². The Morgan fingerprint density at radius 3 is 2.93 bits per heavy atom. The molecule has 1 aliphatic rings. The third kappa shape index (κ3) is 2.53. The highest BCUT2D eigenvalue weighted by Crippen LogP contribution is 2.16. The molecule has 2 heterocycles. The summed E-state index contributed by atoms with van der Waals surface area (Å²) in [6, 6.07) is 0. The van der Waals surface area contributed by atoms with Gasteiger partial charge in [-0.1, -0.05) is 5.21 Å². The number of ether oxygens (including phenoxy) is 1. The van der Waals surface area contributed by atoms with Crippen molar-refractivity contribution >= 4 is 5.97 Å². The van der Waals surface area contributed by atoms with Crippen molar-refractivity contribution < 1.29 is 14.6 Å².